The van der Waals surface area contributed by atoms with Gasteiger partial charge in [-0.05, 0) is 43.9 Å². The zero-order valence-electron chi connectivity index (χ0n) is 15.6. The van der Waals surface area contributed by atoms with Crippen LogP contribution in [0.4, 0.5) is 0 Å². The van der Waals surface area contributed by atoms with Gasteiger partial charge >= 0.3 is 0 Å². The Bertz CT molecular complexity index is 765. The molecule has 138 valence electrons. The minimum absolute atomic E-state index is 0.314. The number of benzene rings is 1. The fraction of sp³-hybridized carbons (Fsp3) is 0.524. The molecule has 1 aromatic carbocycles. The average Bonchev–Trinajstić information content (AvgIpc) is 2.91. The minimum atomic E-state index is 0.314. The van der Waals surface area contributed by atoms with E-state index in [2.05, 4.69) is 52.3 Å². The number of carbonyl (C=O) groups excluding carboxylic acids is 1. The number of aromatic nitrogens is 2. The summed E-state index contributed by atoms with van der Waals surface area (Å²) in [5.74, 6) is 0.708. The summed E-state index contributed by atoms with van der Waals surface area (Å²) in [4.78, 5) is 17.0. The minimum Gasteiger partial charge on any atom is -0.341 e. The first-order chi connectivity index (χ1) is 12.7. The highest BCUT2D eigenvalue weighted by molar-refractivity contribution is 5.79. The predicted octanol–water partition coefficient (Wildman–Crippen LogP) is 3.02. The van der Waals surface area contributed by atoms with Crippen molar-refractivity contribution in [1.29, 1.82) is 0 Å². The monoisotopic (exact) mass is 352 g/mol. The standard InChI is InChI=1S/C21H28N4O/c1-17-5-2-8-20(13-17)25-16-18(14-22-25)15-23-9-4-10-24(12-11-23)21(26)19-6-3-7-19/h2,5,8,13-14,16,19H,3-4,6-7,9-12,15H2,1H3. The highest BCUT2D eigenvalue weighted by atomic mass is 16.2. The van der Waals surface area contributed by atoms with E-state index in [1.54, 1.807) is 0 Å². The van der Waals surface area contributed by atoms with Crippen molar-refractivity contribution in [3.05, 3.63) is 47.8 Å². The summed E-state index contributed by atoms with van der Waals surface area (Å²) in [5, 5.41) is 4.53. The number of rotatable bonds is 4. The molecule has 26 heavy (non-hydrogen) atoms. The molecule has 2 heterocycles. The van der Waals surface area contributed by atoms with E-state index in [9.17, 15) is 4.79 Å². The SMILES string of the molecule is Cc1cccc(-n2cc(CN3CCCN(C(=O)C4CCC4)CC3)cn2)c1. The van der Waals surface area contributed by atoms with Crippen molar-refractivity contribution >= 4 is 5.91 Å². The Hall–Kier alpha value is -2.14. The van der Waals surface area contributed by atoms with Crippen molar-refractivity contribution in [1.82, 2.24) is 19.6 Å². The van der Waals surface area contributed by atoms with Crippen LogP contribution in [0, 0.1) is 12.8 Å². The van der Waals surface area contributed by atoms with Gasteiger partial charge in [-0.3, -0.25) is 9.69 Å². The normalized spacial score (nSPS) is 19.2. The van der Waals surface area contributed by atoms with Gasteiger partial charge in [0.05, 0.1) is 11.9 Å². The van der Waals surface area contributed by atoms with Crippen molar-refractivity contribution in [3.8, 4) is 5.69 Å². The van der Waals surface area contributed by atoms with Gasteiger partial charge in [0.2, 0.25) is 5.91 Å². The average molecular weight is 352 g/mol. The molecule has 0 bridgehead atoms. The number of aryl methyl sites for hydroxylation is 1. The Morgan fingerprint density at radius 3 is 2.81 bits per heavy atom. The van der Waals surface area contributed by atoms with Crippen LogP contribution in [0.5, 0.6) is 0 Å². The molecule has 0 spiro atoms. The topological polar surface area (TPSA) is 41.4 Å². The molecule has 2 fully saturated rings. The predicted molar refractivity (Wildman–Crippen MR) is 102 cm³/mol. The van der Waals surface area contributed by atoms with Crippen molar-refractivity contribution in [2.45, 2.75) is 39.2 Å². The summed E-state index contributed by atoms with van der Waals surface area (Å²) in [6, 6.07) is 8.39. The molecule has 1 saturated heterocycles. The summed E-state index contributed by atoms with van der Waals surface area (Å²) < 4.78 is 1.95. The maximum absolute atomic E-state index is 12.5. The van der Waals surface area contributed by atoms with E-state index >= 15 is 0 Å². The zero-order chi connectivity index (χ0) is 17.9. The van der Waals surface area contributed by atoms with E-state index in [-0.39, 0.29) is 0 Å². The Morgan fingerprint density at radius 2 is 2.04 bits per heavy atom. The van der Waals surface area contributed by atoms with Crippen LogP contribution in [0.2, 0.25) is 0 Å². The van der Waals surface area contributed by atoms with Crippen molar-refractivity contribution in [3.63, 3.8) is 0 Å². The van der Waals surface area contributed by atoms with E-state index in [4.69, 9.17) is 0 Å². The summed E-state index contributed by atoms with van der Waals surface area (Å²) in [6.45, 7) is 6.77. The molecule has 5 heteroatoms. The smallest absolute Gasteiger partial charge is 0.225 e. The lowest BCUT2D eigenvalue weighted by Crippen LogP contribution is -2.41. The van der Waals surface area contributed by atoms with E-state index in [0.717, 1.165) is 57.7 Å². The van der Waals surface area contributed by atoms with Crippen LogP contribution in [0.3, 0.4) is 0 Å². The molecule has 2 aromatic rings. The van der Waals surface area contributed by atoms with Gasteiger partial charge in [0, 0.05) is 50.4 Å². The molecule has 1 aliphatic heterocycles. The summed E-state index contributed by atoms with van der Waals surface area (Å²) in [6.07, 6.45) is 8.56. The highest BCUT2D eigenvalue weighted by Crippen LogP contribution is 2.28. The Balaban J connectivity index is 1.35. The quantitative estimate of drug-likeness (QED) is 0.849. The summed E-state index contributed by atoms with van der Waals surface area (Å²) >= 11 is 0. The van der Waals surface area contributed by atoms with Crippen LogP contribution in [-0.2, 0) is 11.3 Å². The van der Waals surface area contributed by atoms with Crippen molar-refractivity contribution < 1.29 is 4.79 Å². The van der Waals surface area contributed by atoms with Crippen molar-refractivity contribution in [2.75, 3.05) is 26.2 Å². The van der Waals surface area contributed by atoms with E-state index < -0.39 is 0 Å². The lowest BCUT2D eigenvalue weighted by Gasteiger charge is -2.31. The summed E-state index contributed by atoms with van der Waals surface area (Å²) in [7, 11) is 0. The fourth-order valence-electron chi connectivity index (χ4n) is 3.87. The Kier molecular flexibility index (Phi) is 5.07. The van der Waals surface area contributed by atoms with E-state index in [1.807, 2.05) is 10.9 Å². The zero-order valence-corrected chi connectivity index (χ0v) is 15.6. The first kappa shape index (κ1) is 17.3. The number of hydrogen-bond donors (Lipinski definition) is 0. The second kappa shape index (κ2) is 7.62. The second-order valence-corrected chi connectivity index (χ2v) is 7.71. The molecule has 1 amide bonds. The molecule has 0 atom stereocenters. The Labute approximate surface area is 155 Å². The first-order valence-corrected chi connectivity index (χ1v) is 9.81. The van der Waals surface area contributed by atoms with Gasteiger partial charge in [-0.2, -0.15) is 5.10 Å². The molecule has 0 radical (unpaired) electrons. The molecule has 1 aliphatic carbocycles. The van der Waals surface area contributed by atoms with Gasteiger partial charge in [0.15, 0.2) is 0 Å². The highest BCUT2D eigenvalue weighted by Gasteiger charge is 2.30. The molecule has 0 unspecified atom stereocenters. The van der Waals surface area contributed by atoms with Crippen LogP contribution in [0.25, 0.3) is 5.69 Å². The van der Waals surface area contributed by atoms with Gasteiger partial charge < -0.3 is 4.90 Å². The van der Waals surface area contributed by atoms with Gasteiger partial charge in [-0.1, -0.05) is 18.6 Å². The number of amides is 1. The molecule has 5 nitrogen and oxygen atoms in total. The van der Waals surface area contributed by atoms with Crippen LogP contribution in [0.1, 0.15) is 36.8 Å². The third-order valence-corrected chi connectivity index (χ3v) is 5.66. The Morgan fingerprint density at radius 1 is 1.15 bits per heavy atom. The van der Waals surface area contributed by atoms with Gasteiger partial charge in [0.25, 0.3) is 0 Å². The number of carbonyl (C=O) groups is 1. The third-order valence-electron chi connectivity index (χ3n) is 5.66. The molecule has 1 aromatic heterocycles. The molecule has 4 rings (SSSR count). The van der Waals surface area contributed by atoms with E-state index in [0.29, 0.717) is 11.8 Å². The largest absolute Gasteiger partial charge is 0.341 e. The van der Waals surface area contributed by atoms with Gasteiger partial charge in [0.1, 0.15) is 0 Å². The van der Waals surface area contributed by atoms with E-state index in [1.165, 1.54) is 17.5 Å². The molecular formula is C21H28N4O. The van der Waals surface area contributed by atoms with Crippen molar-refractivity contribution in [2.24, 2.45) is 5.92 Å². The van der Waals surface area contributed by atoms with Gasteiger partial charge in [-0.25, -0.2) is 4.68 Å². The fourth-order valence-corrected chi connectivity index (χ4v) is 3.87. The van der Waals surface area contributed by atoms with Crippen LogP contribution in [0.15, 0.2) is 36.7 Å². The van der Waals surface area contributed by atoms with Crippen LogP contribution < -0.4 is 0 Å². The van der Waals surface area contributed by atoms with Gasteiger partial charge in [-0.15, -0.1) is 0 Å². The maximum Gasteiger partial charge on any atom is 0.225 e. The number of nitrogens with zero attached hydrogens (tertiary/aromatic N) is 4. The molecular weight excluding hydrogens is 324 g/mol. The maximum atomic E-state index is 12.5. The molecule has 2 aliphatic rings. The number of hydrogen-bond acceptors (Lipinski definition) is 3. The second-order valence-electron chi connectivity index (χ2n) is 7.71. The molecule has 1 saturated carbocycles. The lowest BCUT2D eigenvalue weighted by atomic mass is 9.84. The van der Waals surface area contributed by atoms with Crippen LogP contribution >= 0.6 is 0 Å². The third kappa shape index (κ3) is 3.83. The molecule has 0 N–H and O–H groups in total. The van der Waals surface area contributed by atoms with Crippen LogP contribution in [-0.4, -0.2) is 51.7 Å². The lowest BCUT2D eigenvalue weighted by molar-refractivity contribution is -0.138. The first-order valence-electron chi connectivity index (χ1n) is 9.81. The summed E-state index contributed by atoms with van der Waals surface area (Å²) in [5.41, 5.74) is 3.57.